The number of halogens is 4. The molecule has 0 amide bonds. The summed E-state index contributed by atoms with van der Waals surface area (Å²) in [5.41, 5.74) is -0.267. The Bertz CT molecular complexity index is 1210. The van der Waals surface area contributed by atoms with Gasteiger partial charge in [0.05, 0.1) is 16.6 Å². The van der Waals surface area contributed by atoms with E-state index in [0.717, 1.165) is 34.9 Å². The Balaban J connectivity index is 2.11. The number of para-hydroxylation sites is 1. The van der Waals surface area contributed by atoms with Gasteiger partial charge < -0.3 is 0 Å². The van der Waals surface area contributed by atoms with Crippen LogP contribution in [0.1, 0.15) is 15.9 Å². The van der Waals surface area contributed by atoms with Crippen LogP contribution in [0.4, 0.5) is 17.6 Å². The fourth-order valence-electron chi connectivity index (χ4n) is 3.14. The van der Waals surface area contributed by atoms with Crippen molar-refractivity contribution in [1.82, 2.24) is 9.55 Å². The Morgan fingerprint density at radius 2 is 1.36 bits per heavy atom. The van der Waals surface area contributed by atoms with Gasteiger partial charge in [0.2, 0.25) is 0 Å². The van der Waals surface area contributed by atoms with Gasteiger partial charge in [0.25, 0.3) is 5.91 Å². The first-order chi connectivity index (χ1) is 13.4. The summed E-state index contributed by atoms with van der Waals surface area (Å²) in [6.07, 6.45) is 0. The average Bonchev–Trinajstić information content (AvgIpc) is 3.02. The molecule has 4 rings (SSSR count). The molecule has 0 aliphatic heterocycles. The second kappa shape index (κ2) is 6.60. The number of imidazole rings is 1. The van der Waals surface area contributed by atoms with Crippen LogP contribution in [0.25, 0.3) is 22.4 Å². The number of nitrogens with zero attached hydrogens (tertiary/aromatic N) is 2. The fourth-order valence-corrected chi connectivity index (χ4v) is 3.14. The van der Waals surface area contributed by atoms with Crippen LogP contribution in [0.5, 0.6) is 0 Å². The number of hydrogen-bond acceptors (Lipinski definition) is 2. The number of rotatable bonds is 2. The third-order valence-electron chi connectivity index (χ3n) is 4.45. The molecule has 7 heteroatoms. The number of carbonyl (C=O) groups is 1. The van der Waals surface area contributed by atoms with Crippen LogP contribution in [0.3, 0.4) is 0 Å². The second-order valence-electron chi connectivity index (χ2n) is 6.21. The number of fused-ring (bicyclic) bond motifs is 1. The van der Waals surface area contributed by atoms with Crippen LogP contribution in [0, 0.1) is 30.2 Å². The highest BCUT2D eigenvalue weighted by Crippen LogP contribution is 2.31. The summed E-state index contributed by atoms with van der Waals surface area (Å²) in [6.45, 7) is 1.70. The van der Waals surface area contributed by atoms with Gasteiger partial charge in [-0.25, -0.2) is 22.5 Å². The van der Waals surface area contributed by atoms with Gasteiger partial charge in [-0.15, -0.1) is 0 Å². The molecule has 0 N–H and O–H groups in total. The van der Waals surface area contributed by atoms with E-state index >= 15 is 0 Å². The predicted molar refractivity (Wildman–Crippen MR) is 95.9 cm³/mol. The molecule has 0 radical (unpaired) electrons. The zero-order valence-corrected chi connectivity index (χ0v) is 14.5. The van der Waals surface area contributed by atoms with Gasteiger partial charge in [-0.3, -0.25) is 9.36 Å². The molecule has 1 heterocycles. The van der Waals surface area contributed by atoms with Gasteiger partial charge >= 0.3 is 0 Å². The summed E-state index contributed by atoms with van der Waals surface area (Å²) in [6, 6.07) is 11.0. The van der Waals surface area contributed by atoms with Crippen molar-refractivity contribution in [2.45, 2.75) is 6.92 Å². The maximum atomic E-state index is 14.4. The molecule has 0 bridgehead atoms. The molecule has 140 valence electrons. The number of aryl methyl sites for hydroxylation is 1. The SMILES string of the molecule is Cc1cccc2c1nc(-c1c(F)cccc1F)n2C(=O)c1c(F)cccc1F. The minimum Gasteiger partial charge on any atom is -0.268 e. The van der Waals surface area contributed by atoms with Crippen molar-refractivity contribution in [3.8, 4) is 11.4 Å². The van der Waals surface area contributed by atoms with Crippen molar-refractivity contribution in [3.05, 3.63) is 89.0 Å². The third-order valence-corrected chi connectivity index (χ3v) is 4.45. The summed E-state index contributed by atoms with van der Waals surface area (Å²) < 4.78 is 58.1. The molecule has 0 atom stereocenters. The lowest BCUT2D eigenvalue weighted by Crippen LogP contribution is -2.17. The lowest BCUT2D eigenvalue weighted by atomic mass is 10.1. The van der Waals surface area contributed by atoms with Crippen molar-refractivity contribution in [2.75, 3.05) is 0 Å². The number of hydrogen-bond donors (Lipinski definition) is 0. The van der Waals surface area contributed by atoms with Crippen LogP contribution in [0.2, 0.25) is 0 Å². The minimum absolute atomic E-state index is 0.185. The molecule has 3 nitrogen and oxygen atoms in total. The van der Waals surface area contributed by atoms with Crippen molar-refractivity contribution < 1.29 is 22.4 Å². The van der Waals surface area contributed by atoms with Gasteiger partial charge in [0, 0.05) is 0 Å². The number of carbonyl (C=O) groups excluding carboxylic acids is 1. The van der Waals surface area contributed by atoms with Crippen molar-refractivity contribution in [2.24, 2.45) is 0 Å². The molecule has 1 aromatic heterocycles. The number of aromatic nitrogens is 2. The van der Waals surface area contributed by atoms with Crippen LogP contribution in [-0.2, 0) is 0 Å². The first-order valence-electron chi connectivity index (χ1n) is 8.31. The zero-order valence-electron chi connectivity index (χ0n) is 14.5. The summed E-state index contributed by atoms with van der Waals surface area (Å²) in [7, 11) is 0. The Labute approximate surface area is 156 Å². The maximum Gasteiger partial charge on any atom is 0.270 e. The summed E-state index contributed by atoms with van der Waals surface area (Å²) >= 11 is 0. The first kappa shape index (κ1) is 17.9. The van der Waals surface area contributed by atoms with E-state index in [0.29, 0.717) is 11.1 Å². The van der Waals surface area contributed by atoms with Crippen LogP contribution in [0.15, 0.2) is 54.6 Å². The quantitative estimate of drug-likeness (QED) is 0.442. The van der Waals surface area contributed by atoms with E-state index in [-0.39, 0.29) is 11.3 Å². The van der Waals surface area contributed by atoms with Crippen LogP contribution in [-0.4, -0.2) is 15.5 Å². The molecular formula is C21H12F4N2O. The van der Waals surface area contributed by atoms with Gasteiger partial charge in [0.1, 0.15) is 28.8 Å². The fraction of sp³-hybridized carbons (Fsp3) is 0.0476. The Morgan fingerprint density at radius 1 is 0.821 bits per heavy atom. The van der Waals surface area contributed by atoms with Crippen molar-refractivity contribution >= 4 is 16.9 Å². The highest BCUT2D eigenvalue weighted by atomic mass is 19.1. The molecule has 0 aliphatic carbocycles. The number of benzene rings is 3. The van der Waals surface area contributed by atoms with Gasteiger partial charge in [-0.05, 0) is 42.8 Å². The molecule has 0 aliphatic rings. The van der Waals surface area contributed by atoms with Crippen molar-refractivity contribution in [1.29, 1.82) is 0 Å². The van der Waals surface area contributed by atoms with E-state index < -0.39 is 40.3 Å². The molecule has 3 aromatic carbocycles. The maximum absolute atomic E-state index is 14.4. The Kier molecular flexibility index (Phi) is 4.22. The monoisotopic (exact) mass is 384 g/mol. The molecule has 0 spiro atoms. The lowest BCUT2D eigenvalue weighted by molar-refractivity contribution is 0.0958. The van der Waals surface area contributed by atoms with Crippen LogP contribution >= 0.6 is 0 Å². The van der Waals surface area contributed by atoms with E-state index in [1.54, 1.807) is 19.1 Å². The third kappa shape index (κ3) is 2.67. The summed E-state index contributed by atoms with van der Waals surface area (Å²) in [4.78, 5) is 17.3. The normalized spacial score (nSPS) is 11.2. The summed E-state index contributed by atoms with van der Waals surface area (Å²) in [5.74, 6) is -5.54. The van der Waals surface area contributed by atoms with E-state index in [1.807, 2.05) is 0 Å². The van der Waals surface area contributed by atoms with Gasteiger partial charge in [-0.1, -0.05) is 24.3 Å². The van der Waals surface area contributed by atoms with Gasteiger partial charge in [0.15, 0.2) is 5.82 Å². The molecular weight excluding hydrogens is 372 g/mol. The molecule has 4 aromatic rings. The zero-order chi connectivity index (χ0) is 20.0. The Hall–Kier alpha value is -3.48. The molecule has 0 unspecified atom stereocenters. The van der Waals surface area contributed by atoms with E-state index in [9.17, 15) is 22.4 Å². The minimum atomic E-state index is -1.11. The van der Waals surface area contributed by atoms with E-state index in [2.05, 4.69) is 4.98 Å². The predicted octanol–water partition coefficient (Wildman–Crippen LogP) is 5.26. The Morgan fingerprint density at radius 3 is 1.96 bits per heavy atom. The molecule has 28 heavy (non-hydrogen) atoms. The molecule has 0 saturated heterocycles. The first-order valence-corrected chi connectivity index (χ1v) is 8.31. The topological polar surface area (TPSA) is 34.9 Å². The summed E-state index contributed by atoms with van der Waals surface area (Å²) in [5, 5.41) is 0. The van der Waals surface area contributed by atoms with E-state index in [4.69, 9.17) is 0 Å². The highest BCUT2D eigenvalue weighted by Gasteiger charge is 2.27. The standard InChI is InChI=1S/C21H12F4N2O/c1-11-5-2-10-16-19(11)26-20(17-12(22)6-3-7-13(17)23)27(16)21(28)18-14(24)8-4-9-15(18)25/h2-10H,1H3. The molecule has 0 saturated carbocycles. The van der Waals surface area contributed by atoms with Crippen molar-refractivity contribution in [3.63, 3.8) is 0 Å². The average molecular weight is 384 g/mol. The second-order valence-corrected chi connectivity index (χ2v) is 6.21. The van der Waals surface area contributed by atoms with Crippen LogP contribution < -0.4 is 0 Å². The van der Waals surface area contributed by atoms with Gasteiger partial charge in [-0.2, -0.15) is 0 Å². The molecule has 0 fully saturated rings. The smallest absolute Gasteiger partial charge is 0.268 e. The van der Waals surface area contributed by atoms with E-state index in [1.165, 1.54) is 12.1 Å². The largest absolute Gasteiger partial charge is 0.270 e. The highest BCUT2D eigenvalue weighted by molar-refractivity contribution is 6.04. The lowest BCUT2D eigenvalue weighted by Gasteiger charge is -2.11.